The van der Waals surface area contributed by atoms with E-state index in [9.17, 15) is 0 Å². The largest absolute Gasteiger partial charge is 0.490 e. The number of fused-ring (bicyclic) bond motifs is 1. The molecule has 0 saturated carbocycles. The van der Waals surface area contributed by atoms with Crippen molar-refractivity contribution >= 4 is 28.5 Å². The Hall–Kier alpha value is -2.33. The average molecular weight is 314 g/mol. The molecule has 0 fully saturated rings. The maximum absolute atomic E-state index is 5.97. The Labute approximate surface area is 133 Å². The zero-order chi connectivity index (χ0) is 15.5. The SMILES string of the molecule is CC(Cc1nc(N)nc2ccccc12)Oc1cccc(Cl)c1. The minimum atomic E-state index is -0.0591. The Morgan fingerprint density at radius 1 is 1.14 bits per heavy atom. The van der Waals surface area contributed by atoms with E-state index < -0.39 is 0 Å². The highest BCUT2D eigenvalue weighted by molar-refractivity contribution is 6.30. The van der Waals surface area contributed by atoms with E-state index in [0.29, 0.717) is 11.4 Å². The minimum absolute atomic E-state index is 0.0591. The van der Waals surface area contributed by atoms with Gasteiger partial charge in [0.2, 0.25) is 5.95 Å². The summed E-state index contributed by atoms with van der Waals surface area (Å²) in [5.74, 6) is 1.02. The van der Waals surface area contributed by atoms with Gasteiger partial charge in [-0.2, -0.15) is 0 Å². The zero-order valence-corrected chi connectivity index (χ0v) is 12.9. The van der Waals surface area contributed by atoms with E-state index in [-0.39, 0.29) is 12.1 Å². The molecule has 0 aliphatic rings. The second-order valence-corrected chi connectivity index (χ2v) is 5.57. The van der Waals surface area contributed by atoms with Crippen molar-refractivity contribution in [2.45, 2.75) is 19.4 Å². The van der Waals surface area contributed by atoms with Crippen molar-refractivity contribution in [1.29, 1.82) is 0 Å². The molecule has 2 N–H and O–H groups in total. The van der Waals surface area contributed by atoms with Crippen molar-refractivity contribution in [2.24, 2.45) is 0 Å². The van der Waals surface area contributed by atoms with Gasteiger partial charge >= 0.3 is 0 Å². The molecule has 0 saturated heterocycles. The van der Waals surface area contributed by atoms with Crippen molar-refractivity contribution in [1.82, 2.24) is 9.97 Å². The second-order valence-electron chi connectivity index (χ2n) is 5.14. The molecule has 3 aromatic rings. The number of halogens is 1. The molecule has 22 heavy (non-hydrogen) atoms. The molecule has 1 atom stereocenters. The number of benzene rings is 2. The van der Waals surface area contributed by atoms with Gasteiger partial charge < -0.3 is 10.5 Å². The molecule has 2 aromatic carbocycles. The second kappa shape index (κ2) is 6.20. The molecular formula is C17H16ClN3O. The summed E-state index contributed by atoms with van der Waals surface area (Å²) in [5, 5.41) is 1.65. The number of hydrogen-bond acceptors (Lipinski definition) is 4. The quantitative estimate of drug-likeness (QED) is 0.794. The standard InChI is InChI=1S/C17H16ClN3O/c1-11(22-13-6-4-5-12(18)10-13)9-16-14-7-2-3-8-15(14)20-17(19)21-16/h2-8,10-11H,9H2,1H3,(H2,19,20,21). The van der Waals surface area contributed by atoms with Gasteiger partial charge in [0.15, 0.2) is 0 Å². The molecule has 1 aromatic heterocycles. The third-order valence-corrected chi connectivity index (χ3v) is 3.55. The number of rotatable bonds is 4. The van der Waals surface area contributed by atoms with Gasteiger partial charge in [-0.25, -0.2) is 9.97 Å². The number of ether oxygens (including phenoxy) is 1. The highest BCUT2D eigenvalue weighted by Crippen LogP contribution is 2.21. The summed E-state index contributed by atoms with van der Waals surface area (Å²) >= 11 is 5.97. The van der Waals surface area contributed by atoms with Gasteiger partial charge in [0.05, 0.1) is 11.2 Å². The average Bonchev–Trinajstić information content (AvgIpc) is 2.47. The summed E-state index contributed by atoms with van der Waals surface area (Å²) in [6.45, 7) is 1.99. The summed E-state index contributed by atoms with van der Waals surface area (Å²) in [4.78, 5) is 8.61. The van der Waals surface area contributed by atoms with Crippen LogP contribution in [-0.2, 0) is 6.42 Å². The fraction of sp³-hybridized carbons (Fsp3) is 0.176. The Morgan fingerprint density at radius 3 is 2.77 bits per heavy atom. The fourth-order valence-electron chi connectivity index (χ4n) is 2.40. The van der Waals surface area contributed by atoms with Gasteiger partial charge in [0, 0.05) is 16.8 Å². The van der Waals surface area contributed by atoms with Crippen LogP contribution in [0, 0.1) is 0 Å². The van der Waals surface area contributed by atoms with Gasteiger partial charge in [-0.05, 0) is 31.2 Å². The van der Waals surface area contributed by atoms with Gasteiger partial charge in [-0.15, -0.1) is 0 Å². The Balaban J connectivity index is 1.83. The molecule has 0 spiro atoms. The number of nitrogens with two attached hydrogens (primary N) is 1. The molecule has 0 amide bonds. The van der Waals surface area contributed by atoms with Crippen LogP contribution in [0.4, 0.5) is 5.95 Å². The van der Waals surface area contributed by atoms with E-state index in [4.69, 9.17) is 22.1 Å². The maximum Gasteiger partial charge on any atom is 0.220 e. The highest BCUT2D eigenvalue weighted by Gasteiger charge is 2.11. The lowest BCUT2D eigenvalue weighted by molar-refractivity contribution is 0.221. The van der Waals surface area contributed by atoms with E-state index in [0.717, 1.165) is 22.3 Å². The predicted molar refractivity (Wildman–Crippen MR) is 89.2 cm³/mol. The van der Waals surface area contributed by atoms with Crippen LogP contribution in [0.3, 0.4) is 0 Å². The van der Waals surface area contributed by atoms with Crippen LogP contribution in [0.5, 0.6) is 5.75 Å². The molecule has 5 heteroatoms. The summed E-state index contributed by atoms with van der Waals surface area (Å²) in [6, 6.07) is 15.2. The number of anilines is 1. The molecule has 0 radical (unpaired) electrons. The van der Waals surface area contributed by atoms with E-state index in [1.807, 2.05) is 49.4 Å². The molecular weight excluding hydrogens is 298 g/mol. The van der Waals surface area contributed by atoms with Gasteiger partial charge in [-0.1, -0.05) is 35.9 Å². The van der Waals surface area contributed by atoms with E-state index in [2.05, 4.69) is 9.97 Å². The summed E-state index contributed by atoms with van der Waals surface area (Å²) in [6.07, 6.45) is 0.580. The summed E-state index contributed by atoms with van der Waals surface area (Å²) in [7, 11) is 0. The smallest absolute Gasteiger partial charge is 0.220 e. The maximum atomic E-state index is 5.97. The van der Waals surface area contributed by atoms with Crippen LogP contribution in [0.2, 0.25) is 5.02 Å². The highest BCUT2D eigenvalue weighted by atomic mass is 35.5. The number of nitrogens with zero attached hydrogens (tertiary/aromatic N) is 2. The molecule has 0 aliphatic carbocycles. The van der Waals surface area contributed by atoms with Crippen molar-refractivity contribution in [3.63, 3.8) is 0 Å². The first-order valence-electron chi connectivity index (χ1n) is 7.05. The lowest BCUT2D eigenvalue weighted by Crippen LogP contribution is -2.17. The number of hydrogen-bond donors (Lipinski definition) is 1. The summed E-state index contributed by atoms with van der Waals surface area (Å²) in [5.41, 5.74) is 7.53. The van der Waals surface area contributed by atoms with Gasteiger partial charge in [0.25, 0.3) is 0 Å². The Bertz CT molecular complexity index is 807. The van der Waals surface area contributed by atoms with Crippen molar-refractivity contribution in [2.75, 3.05) is 5.73 Å². The van der Waals surface area contributed by atoms with Gasteiger partial charge in [0.1, 0.15) is 11.9 Å². The van der Waals surface area contributed by atoms with E-state index in [1.54, 1.807) is 6.07 Å². The number of nitrogen functional groups attached to an aromatic ring is 1. The molecule has 1 unspecified atom stereocenters. The third-order valence-electron chi connectivity index (χ3n) is 3.31. The van der Waals surface area contributed by atoms with Gasteiger partial charge in [-0.3, -0.25) is 0 Å². The van der Waals surface area contributed by atoms with Crippen LogP contribution in [0.25, 0.3) is 10.9 Å². The number of para-hydroxylation sites is 1. The molecule has 1 heterocycles. The minimum Gasteiger partial charge on any atom is -0.490 e. The first-order valence-corrected chi connectivity index (χ1v) is 7.43. The predicted octanol–water partition coefficient (Wildman–Crippen LogP) is 3.88. The van der Waals surface area contributed by atoms with Crippen LogP contribution >= 0.6 is 11.6 Å². The Morgan fingerprint density at radius 2 is 1.95 bits per heavy atom. The first-order chi connectivity index (χ1) is 10.6. The van der Waals surface area contributed by atoms with E-state index in [1.165, 1.54) is 0 Å². The molecule has 4 nitrogen and oxygen atoms in total. The van der Waals surface area contributed by atoms with Crippen LogP contribution < -0.4 is 10.5 Å². The fourth-order valence-corrected chi connectivity index (χ4v) is 2.58. The number of aromatic nitrogens is 2. The molecule has 112 valence electrons. The normalized spacial score (nSPS) is 12.3. The molecule has 0 bridgehead atoms. The molecule has 0 aliphatic heterocycles. The van der Waals surface area contributed by atoms with Crippen LogP contribution in [-0.4, -0.2) is 16.1 Å². The molecule has 3 rings (SSSR count). The monoisotopic (exact) mass is 313 g/mol. The lowest BCUT2D eigenvalue weighted by atomic mass is 10.1. The topological polar surface area (TPSA) is 61.0 Å². The van der Waals surface area contributed by atoms with E-state index >= 15 is 0 Å². The third kappa shape index (κ3) is 3.28. The van der Waals surface area contributed by atoms with Crippen molar-refractivity contribution in [3.8, 4) is 5.75 Å². The summed E-state index contributed by atoms with van der Waals surface area (Å²) < 4.78 is 5.90. The van der Waals surface area contributed by atoms with Crippen molar-refractivity contribution < 1.29 is 4.74 Å². The van der Waals surface area contributed by atoms with Crippen molar-refractivity contribution in [3.05, 3.63) is 59.2 Å². The van der Waals surface area contributed by atoms with Crippen LogP contribution in [0.15, 0.2) is 48.5 Å². The first kappa shape index (κ1) is 14.6. The van der Waals surface area contributed by atoms with Crippen LogP contribution in [0.1, 0.15) is 12.6 Å². The zero-order valence-electron chi connectivity index (χ0n) is 12.2. The Kier molecular flexibility index (Phi) is 4.11. The lowest BCUT2D eigenvalue weighted by Gasteiger charge is -2.15.